The molecular formula is C13H22N4O2. The molecule has 2 N–H and O–H groups in total. The fraction of sp³-hybridized carbons (Fsp3) is 0.769. The quantitative estimate of drug-likeness (QED) is 0.831. The van der Waals surface area contributed by atoms with Crippen LogP contribution < -0.4 is 10.6 Å². The van der Waals surface area contributed by atoms with Crippen molar-refractivity contribution >= 4 is 5.91 Å². The van der Waals surface area contributed by atoms with Gasteiger partial charge in [-0.05, 0) is 19.4 Å². The normalized spacial score (nSPS) is 19.6. The van der Waals surface area contributed by atoms with Crippen LogP contribution in [-0.2, 0) is 11.2 Å². The highest BCUT2D eigenvalue weighted by atomic mass is 16.5. The lowest BCUT2D eigenvalue weighted by Crippen LogP contribution is -2.45. The molecule has 1 fully saturated rings. The van der Waals surface area contributed by atoms with E-state index in [0.717, 1.165) is 25.9 Å². The SMILES string of the molecule is CC(C)c1noc(CCC(=O)NC2CCCNC2)n1. The number of rotatable bonds is 5. The minimum Gasteiger partial charge on any atom is -0.352 e. The molecular weight excluding hydrogens is 244 g/mol. The van der Waals surface area contributed by atoms with Crippen molar-refractivity contribution < 1.29 is 9.32 Å². The highest BCUT2D eigenvalue weighted by Crippen LogP contribution is 2.10. The second kappa shape index (κ2) is 6.65. The van der Waals surface area contributed by atoms with Gasteiger partial charge in [-0.3, -0.25) is 4.79 Å². The lowest BCUT2D eigenvalue weighted by Gasteiger charge is -2.23. The van der Waals surface area contributed by atoms with Gasteiger partial charge in [-0.1, -0.05) is 19.0 Å². The van der Waals surface area contributed by atoms with E-state index in [1.807, 2.05) is 13.8 Å². The van der Waals surface area contributed by atoms with Crippen LogP contribution in [0.1, 0.15) is 50.7 Å². The van der Waals surface area contributed by atoms with Gasteiger partial charge >= 0.3 is 0 Å². The van der Waals surface area contributed by atoms with Crippen LogP contribution in [0.2, 0.25) is 0 Å². The summed E-state index contributed by atoms with van der Waals surface area (Å²) in [6.45, 7) is 5.94. The molecule has 19 heavy (non-hydrogen) atoms. The van der Waals surface area contributed by atoms with Gasteiger partial charge in [0.15, 0.2) is 5.82 Å². The van der Waals surface area contributed by atoms with Gasteiger partial charge in [0.05, 0.1) is 0 Å². The Balaban J connectivity index is 1.73. The number of nitrogens with zero attached hydrogens (tertiary/aromatic N) is 2. The Morgan fingerprint density at radius 1 is 1.58 bits per heavy atom. The third-order valence-corrected chi connectivity index (χ3v) is 3.23. The summed E-state index contributed by atoms with van der Waals surface area (Å²) >= 11 is 0. The second-order valence-corrected chi connectivity index (χ2v) is 5.31. The van der Waals surface area contributed by atoms with Crippen molar-refractivity contribution in [3.63, 3.8) is 0 Å². The maximum absolute atomic E-state index is 11.8. The van der Waals surface area contributed by atoms with Gasteiger partial charge in [0.25, 0.3) is 0 Å². The average Bonchev–Trinajstić information content (AvgIpc) is 2.86. The van der Waals surface area contributed by atoms with Crippen molar-refractivity contribution in [1.82, 2.24) is 20.8 Å². The molecule has 1 aromatic rings. The zero-order valence-electron chi connectivity index (χ0n) is 11.6. The molecule has 1 aliphatic rings. The fourth-order valence-corrected chi connectivity index (χ4v) is 2.10. The summed E-state index contributed by atoms with van der Waals surface area (Å²) in [5.41, 5.74) is 0. The third-order valence-electron chi connectivity index (χ3n) is 3.23. The molecule has 0 spiro atoms. The third kappa shape index (κ3) is 4.31. The monoisotopic (exact) mass is 266 g/mol. The van der Waals surface area contributed by atoms with Crippen LogP contribution in [0.25, 0.3) is 0 Å². The Kier molecular flexibility index (Phi) is 4.90. The molecule has 1 atom stereocenters. The summed E-state index contributed by atoms with van der Waals surface area (Å²) < 4.78 is 5.11. The molecule has 106 valence electrons. The number of hydrogen-bond donors (Lipinski definition) is 2. The predicted octanol–water partition coefficient (Wildman–Crippen LogP) is 0.994. The van der Waals surface area contributed by atoms with E-state index in [1.54, 1.807) is 0 Å². The number of nitrogens with one attached hydrogen (secondary N) is 2. The van der Waals surface area contributed by atoms with E-state index in [2.05, 4.69) is 20.8 Å². The molecule has 0 radical (unpaired) electrons. The van der Waals surface area contributed by atoms with Crippen LogP contribution in [0.4, 0.5) is 0 Å². The molecule has 1 saturated heterocycles. The van der Waals surface area contributed by atoms with Gasteiger partial charge in [0, 0.05) is 31.3 Å². The molecule has 1 aliphatic heterocycles. The van der Waals surface area contributed by atoms with E-state index in [-0.39, 0.29) is 17.9 Å². The van der Waals surface area contributed by atoms with E-state index in [0.29, 0.717) is 24.6 Å². The van der Waals surface area contributed by atoms with E-state index in [9.17, 15) is 4.79 Å². The highest BCUT2D eigenvalue weighted by Gasteiger charge is 2.16. The Morgan fingerprint density at radius 3 is 3.05 bits per heavy atom. The summed E-state index contributed by atoms with van der Waals surface area (Å²) in [5, 5.41) is 10.2. The van der Waals surface area contributed by atoms with Gasteiger partial charge in [-0.2, -0.15) is 4.98 Å². The van der Waals surface area contributed by atoms with Gasteiger partial charge in [0.2, 0.25) is 11.8 Å². The van der Waals surface area contributed by atoms with E-state index < -0.39 is 0 Å². The number of piperidine rings is 1. The first-order valence-electron chi connectivity index (χ1n) is 6.97. The molecule has 2 heterocycles. The van der Waals surface area contributed by atoms with Crippen molar-refractivity contribution in [3.8, 4) is 0 Å². The maximum Gasteiger partial charge on any atom is 0.227 e. The topological polar surface area (TPSA) is 80.0 Å². The smallest absolute Gasteiger partial charge is 0.227 e. The van der Waals surface area contributed by atoms with Crippen LogP contribution in [-0.4, -0.2) is 35.2 Å². The van der Waals surface area contributed by atoms with Gasteiger partial charge in [-0.15, -0.1) is 0 Å². The molecule has 1 amide bonds. The minimum absolute atomic E-state index is 0.0537. The first-order chi connectivity index (χ1) is 9.15. The van der Waals surface area contributed by atoms with E-state index in [1.165, 1.54) is 0 Å². The molecule has 0 aliphatic carbocycles. The first kappa shape index (κ1) is 14.0. The number of aryl methyl sites for hydroxylation is 1. The maximum atomic E-state index is 11.8. The van der Waals surface area contributed by atoms with Crippen LogP contribution >= 0.6 is 0 Å². The minimum atomic E-state index is 0.0537. The Labute approximate surface area is 113 Å². The molecule has 6 heteroatoms. The molecule has 6 nitrogen and oxygen atoms in total. The van der Waals surface area contributed by atoms with Gasteiger partial charge < -0.3 is 15.2 Å². The number of carbonyl (C=O) groups is 1. The number of hydrogen-bond acceptors (Lipinski definition) is 5. The Bertz CT molecular complexity index is 411. The molecule has 0 aromatic carbocycles. The second-order valence-electron chi connectivity index (χ2n) is 5.31. The largest absolute Gasteiger partial charge is 0.352 e. The van der Waals surface area contributed by atoms with Crippen molar-refractivity contribution in [2.75, 3.05) is 13.1 Å². The Hall–Kier alpha value is -1.43. The zero-order valence-corrected chi connectivity index (χ0v) is 11.6. The number of amides is 1. The summed E-state index contributed by atoms with van der Waals surface area (Å²) in [5.74, 6) is 1.55. The summed E-state index contributed by atoms with van der Waals surface area (Å²) in [7, 11) is 0. The van der Waals surface area contributed by atoms with E-state index in [4.69, 9.17) is 4.52 Å². The molecule has 2 rings (SSSR count). The van der Waals surface area contributed by atoms with E-state index >= 15 is 0 Å². The fourth-order valence-electron chi connectivity index (χ4n) is 2.10. The van der Waals surface area contributed by atoms with Crippen LogP contribution in [0.15, 0.2) is 4.52 Å². The lowest BCUT2D eigenvalue weighted by atomic mass is 10.1. The average molecular weight is 266 g/mol. The molecule has 1 aromatic heterocycles. The van der Waals surface area contributed by atoms with Crippen molar-refractivity contribution in [3.05, 3.63) is 11.7 Å². The van der Waals surface area contributed by atoms with Crippen LogP contribution in [0.5, 0.6) is 0 Å². The Morgan fingerprint density at radius 2 is 2.42 bits per heavy atom. The van der Waals surface area contributed by atoms with Gasteiger partial charge in [-0.25, -0.2) is 0 Å². The number of aromatic nitrogens is 2. The lowest BCUT2D eigenvalue weighted by molar-refractivity contribution is -0.121. The van der Waals surface area contributed by atoms with Crippen molar-refractivity contribution in [2.45, 2.75) is 51.5 Å². The predicted molar refractivity (Wildman–Crippen MR) is 70.7 cm³/mol. The molecule has 0 bridgehead atoms. The zero-order chi connectivity index (χ0) is 13.7. The summed E-state index contributed by atoms with van der Waals surface area (Å²) in [6, 6.07) is 0.259. The standard InChI is InChI=1S/C13H22N4O2/c1-9(2)13-16-12(19-17-13)6-5-11(18)15-10-4-3-7-14-8-10/h9-10,14H,3-8H2,1-2H3,(H,15,18). The molecule has 1 unspecified atom stereocenters. The van der Waals surface area contributed by atoms with Crippen LogP contribution in [0, 0.1) is 0 Å². The first-order valence-corrected chi connectivity index (χ1v) is 6.97. The van der Waals surface area contributed by atoms with Gasteiger partial charge in [0.1, 0.15) is 0 Å². The summed E-state index contributed by atoms with van der Waals surface area (Å²) in [6.07, 6.45) is 3.07. The molecule has 0 saturated carbocycles. The van der Waals surface area contributed by atoms with Crippen molar-refractivity contribution in [2.24, 2.45) is 0 Å². The number of carbonyl (C=O) groups excluding carboxylic acids is 1. The highest BCUT2D eigenvalue weighted by molar-refractivity contribution is 5.76. The van der Waals surface area contributed by atoms with Crippen molar-refractivity contribution in [1.29, 1.82) is 0 Å². The van der Waals surface area contributed by atoms with Crippen LogP contribution in [0.3, 0.4) is 0 Å². The summed E-state index contributed by atoms with van der Waals surface area (Å²) in [4.78, 5) is 16.1.